The van der Waals surface area contributed by atoms with Crippen LogP contribution in [0.15, 0.2) is 47.4 Å². The van der Waals surface area contributed by atoms with E-state index in [-0.39, 0.29) is 5.41 Å². The molecule has 2 aromatic carbocycles. The van der Waals surface area contributed by atoms with Gasteiger partial charge in [-0.1, -0.05) is 24.6 Å². The Balaban J connectivity index is 1.79. The number of anilines is 1. The van der Waals surface area contributed by atoms with Crippen LogP contribution in [0.4, 0.5) is 5.69 Å². The number of nitrogens with one attached hydrogen (secondary N) is 1. The van der Waals surface area contributed by atoms with Gasteiger partial charge >= 0.3 is 0 Å². The van der Waals surface area contributed by atoms with Crippen LogP contribution in [0.2, 0.25) is 5.02 Å². The van der Waals surface area contributed by atoms with E-state index in [0.29, 0.717) is 0 Å². The maximum Gasteiger partial charge on any atom is 0.0894 e. The molecule has 1 aliphatic heterocycles. The molecule has 0 bridgehead atoms. The lowest BCUT2D eigenvalue weighted by atomic mass is 9.83. The Labute approximate surface area is 163 Å². The molecule has 0 unspecified atom stereocenters. The third-order valence-electron chi connectivity index (χ3n) is 4.84. The number of hydrogen-bond acceptors (Lipinski definition) is 3. The first-order valence-electron chi connectivity index (χ1n) is 8.73. The van der Waals surface area contributed by atoms with Crippen LogP contribution in [0.1, 0.15) is 13.8 Å². The molecule has 0 spiro atoms. The molecule has 1 N–H and O–H groups in total. The van der Waals surface area contributed by atoms with E-state index in [1.807, 2.05) is 36.9 Å². The summed E-state index contributed by atoms with van der Waals surface area (Å²) in [5.41, 5.74) is 4.23. The van der Waals surface area contributed by atoms with Gasteiger partial charge in [0.15, 0.2) is 0 Å². The van der Waals surface area contributed by atoms with E-state index in [1.165, 1.54) is 16.1 Å². The molecule has 1 aliphatic rings. The predicted molar refractivity (Wildman–Crippen MR) is 111 cm³/mol. The molecular formula is C21H20ClN3S. The molecule has 1 saturated heterocycles. The number of nitrogens with zero attached hydrogens (tertiary/aromatic N) is 2. The molecule has 132 valence electrons. The highest BCUT2D eigenvalue weighted by Gasteiger charge is 2.39. The van der Waals surface area contributed by atoms with Crippen molar-refractivity contribution in [2.24, 2.45) is 5.41 Å². The molecule has 2 heterocycles. The summed E-state index contributed by atoms with van der Waals surface area (Å²) < 4.78 is 0. The fourth-order valence-electron chi connectivity index (χ4n) is 3.54. The average molecular weight is 382 g/mol. The van der Waals surface area contributed by atoms with Gasteiger partial charge in [0.1, 0.15) is 0 Å². The van der Waals surface area contributed by atoms with Crippen LogP contribution in [0, 0.1) is 16.7 Å². The highest BCUT2D eigenvalue weighted by atomic mass is 35.5. The first-order valence-corrected chi connectivity index (χ1v) is 10.1. The molecule has 3 aromatic rings. The zero-order valence-electron chi connectivity index (χ0n) is 14.8. The van der Waals surface area contributed by atoms with Crippen molar-refractivity contribution in [2.45, 2.75) is 18.7 Å². The SMILES string of the molecule is CCSc1ccc(N2CC(C)(C#N)C2)c(-c2cc3ccc(Cl)cc3[nH]2)c1. The highest BCUT2D eigenvalue weighted by molar-refractivity contribution is 7.99. The number of H-pyrrole nitrogens is 1. The molecule has 1 aromatic heterocycles. The Morgan fingerprint density at radius 2 is 2.04 bits per heavy atom. The lowest BCUT2D eigenvalue weighted by molar-refractivity contribution is 0.337. The minimum atomic E-state index is -0.248. The summed E-state index contributed by atoms with van der Waals surface area (Å²) in [7, 11) is 0. The summed E-state index contributed by atoms with van der Waals surface area (Å²) in [6.45, 7) is 5.72. The summed E-state index contributed by atoms with van der Waals surface area (Å²) in [6.07, 6.45) is 0. The van der Waals surface area contributed by atoms with Gasteiger partial charge in [-0.05, 0) is 49.1 Å². The first-order chi connectivity index (χ1) is 12.5. The van der Waals surface area contributed by atoms with E-state index >= 15 is 0 Å². The van der Waals surface area contributed by atoms with Crippen molar-refractivity contribution < 1.29 is 0 Å². The number of nitriles is 1. The molecule has 0 atom stereocenters. The molecule has 4 rings (SSSR count). The summed E-state index contributed by atoms with van der Waals surface area (Å²) >= 11 is 7.98. The van der Waals surface area contributed by atoms with E-state index < -0.39 is 0 Å². The monoisotopic (exact) mass is 381 g/mol. The van der Waals surface area contributed by atoms with Gasteiger partial charge in [-0.25, -0.2) is 0 Å². The van der Waals surface area contributed by atoms with E-state index in [4.69, 9.17) is 11.6 Å². The smallest absolute Gasteiger partial charge is 0.0894 e. The molecule has 0 saturated carbocycles. The van der Waals surface area contributed by atoms with Gasteiger partial charge in [0.05, 0.1) is 11.5 Å². The average Bonchev–Trinajstić information content (AvgIpc) is 3.02. The van der Waals surface area contributed by atoms with Crippen molar-refractivity contribution in [3.05, 3.63) is 47.5 Å². The number of thioether (sulfide) groups is 1. The van der Waals surface area contributed by atoms with Crippen LogP contribution in [0.25, 0.3) is 22.2 Å². The Hall–Kier alpha value is -2.09. The second kappa shape index (κ2) is 6.57. The van der Waals surface area contributed by atoms with E-state index in [1.54, 1.807) is 0 Å². The van der Waals surface area contributed by atoms with E-state index in [0.717, 1.165) is 40.5 Å². The van der Waals surface area contributed by atoms with Gasteiger partial charge in [0.2, 0.25) is 0 Å². The number of hydrogen-bond donors (Lipinski definition) is 1. The fourth-order valence-corrected chi connectivity index (χ4v) is 4.42. The maximum atomic E-state index is 9.33. The minimum absolute atomic E-state index is 0.248. The number of aromatic nitrogens is 1. The Morgan fingerprint density at radius 1 is 1.23 bits per heavy atom. The molecule has 0 amide bonds. The molecular weight excluding hydrogens is 362 g/mol. The zero-order valence-corrected chi connectivity index (χ0v) is 16.4. The Morgan fingerprint density at radius 3 is 2.77 bits per heavy atom. The van der Waals surface area contributed by atoms with Gasteiger partial charge in [-0.2, -0.15) is 5.26 Å². The normalized spacial score (nSPS) is 15.7. The molecule has 3 nitrogen and oxygen atoms in total. The summed E-state index contributed by atoms with van der Waals surface area (Å²) in [6, 6.07) is 17.1. The second-order valence-electron chi connectivity index (χ2n) is 7.06. The third kappa shape index (κ3) is 3.06. The quantitative estimate of drug-likeness (QED) is 0.568. The van der Waals surface area contributed by atoms with E-state index in [2.05, 4.69) is 47.1 Å². The molecule has 26 heavy (non-hydrogen) atoms. The van der Waals surface area contributed by atoms with Crippen molar-refractivity contribution in [3.63, 3.8) is 0 Å². The van der Waals surface area contributed by atoms with Crippen LogP contribution in [-0.2, 0) is 0 Å². The number of benzene rings is 2. The van der Waals surface area contributed by atoms with Crippen molar-refractivity contribution in [1.29, 1.82) is 5.26 Å². The Bertz CT molecular complexity index is 1010. The zero-order chi connectivity index (χ0) is 18.3. The fraction of sp³-hybridized carbons (Fsp3) is 0.286. The minimum Gasteiger partial charge on any atom is -0.368 e. The highest BCUT2D eigenvalue weighted by Crippen LogP contribution is 2.41. The number of aromatic amines is 1. The number of fused-ring (bicyclic) bond motifs is 1. The lowest BCUT2D eigenvalue weighted by Gasteiger charge is -2.45. The van der Waals surface area contributed by atoms with Crippen molar-refractivity contribution >= 4 is 40.0 Å². The number of rotatable bonds is 4. The van der Waals surface area contributed by atoms with Crippen LogP contribution in [0.3, 0.4) is 0 Å². The van der Waals surface area contributed by atoms with Gasteiger partial charge < -0.3 is 9.88 Å². The standard InChI is InChI=1S/C21H20ClN3S/c1-3-26-16-6-7-20(25-12-21(2,11-23)13-25)17(10-16)19-8-14-4-5-15(22)9-18(14)24-19/h4-10,24H,3,12-13H2,1-2H3. The molecule has 1 fully saturated rings. The van der Waals surface area contributed by atoms with Gasteiger partial charge in [0, 0.05) is 50.9 Å². The topological polar surface area (TPSA) is 42.8 Å². The van der Waals surface area contributed by atoms with Crippen LogP contribution >= 0.6 is 23.4 Å². The maximum absolute atomic E-state index is 9.33. The second-order valence-corrected chi connectivity index (χ2v) is 8.83. The predicted octanol–water partition coefficient (Wildman–Crippen LogP) is 5.95. The van der Waals surface area contributed by atoms with Gasteiger partial charge in [-0.15, -0.1) is 11.8 Å². The number of halogens is 1. The Kier molecular flexibility index (Phi) is 4.38. The molecule has 0 radical (unpaired) electrons. The summed E-state index contributed by atoms with van der Waals surface area (Å²) in [5, 5.41) is 11.2. The van der Waals surface area contributed by atoms with E-state index in [9.17, 15) is 5.26 Å². The largest absolute Gasteiger partial charge is 0.368 e. The van der Waals surface area contributed by atoms with Crippen molar-refractivity contribution in [1.82, 2.24) is 4.98 Å². The van der Waals surface area contributed by atoms with Gasteiger partial charge in [-0.3, -0.25) is 0 Å². The van der Waals surface area contributed by atoms with Crippen molar-refractivity contribution in [2.75, 3.05) is 23.7 Å². The van der Waals surface area contributed by atoms with Gasteiger partial charge in [0.25, 0.3) is 0 Å². The summed E-state index contributed by atoms with van der Waals surface area (Å²) in [4.78, 5) is 7.06. The lowest BCUT2D eigenvalue weighted by Crippen LogP contribution is -2.54. The molecule has 0 aliphatic carbocycles. The first kappa shape index (κ1) is 17.3. The third-order valence-corrected chi connectivity index (χ3v) is 5.96. The van der Waals surface area contributed by atoms with Crippen molar-refractivity contribution in [3.8, 4) is 17.3 Å². The molecule has 5 heteroatoms. The summed E-state index contributed by atoms with van der Waals surface area (Å²) in [5.74, 6) is 1.04. The van der Waals surface area contributed by atoms with Crippen LogP contribution in [0.5, 0.6) is 0 Å². The van der Waals surface area contributed by atoms with Crippen LogP contribution < -0.4 is 4.90 Å². The van der Waals surface area contributed by atoms with Crippen LogP contribution in [-0.4, -0.2) is 23.8 Å².